The van der Waals surface area contributed by atoms with Crippen molar-refractivity contribution in [3.8, 4) is 0 Å². The smallest absolute Gasteiger partial charge is 0.308 e. The number of carbonyl (C=O) groups is 1. The maximum atomic E-state index is 11.6. The van der Waals surface area contributed by atoms with Crippen molar-refractivity contribution >= 4 is 35.9 Å². The van der Waals surface area contributed by atoms with Crippen molar-refractivity contribution in [1.29, 1.82) is 0 Å². The van der Waals surface area contributed by atoms with Gasteiger partial charge in [0.05, 0.1) is 25.3 Å². The predicted octanol–water partition coefficient (Wildman–Crippen LogP) is 1.36. The molecule has 0 atom stereocenters. The van der Waals surface area contributed by atoms with Crippen LogP contribution in [0.3, 0.4) is 0 Å². The normalized spacial score (nSPS) is 15.8. The lowest BCUT2D eigenvalue weighted by Gasteiger charge is -2.33. The van der Waals surface area contributed by atoms with E-state index in [9.17, 15) is 4.79 Å². The third-order valence-corrected chi connectivity index (χ3v) is 3.80. The van der Waals surface area contributed by atoms with Crippen LogP contribution in [-0.2, 0) is 16.1 Å². The fourth-order valence-corrected chi connectivity index (χ4v) is 2.60. The summed E-state index contributed by atoms with van der Waals surface area (Å²) in [6.45, 7) is 4.06. The number of aryl methyl sites for hydroxylation is 1. The SMILES string of the molecule is CN=C(NCc1ccnc(C)n1)N1CCC(C(=O)OC)CC1.I. The van der Waals surface area contributed by atoms with Crippen molar-refractivity contribution in [1.82, 2.24) is 20.2 Å². The Labute approximate surface area is 154 Å². The summed E-state index contributed by atoms with van der Waals surface area (Å²) in [5.74, 6) is 1.48. The number of esters is 1. The maximum absolute atomic E-state index is 11.6. The summed E-state index contributed by atoms with van der Waals surface area (Å²) in [6.07, 6.45) is 3.34. The first-order valence-corrected chi connectivity index (χ1v) is 7.46. The quantitative estimate of drug-likeness (QED) is 0.336. The molecular formula is C15H24IN5O2. The first-order valence-electron chi connectivity index (χ1n) is 7.46. The van der Waals surface area contributed by atoms with Gasteiger partial charge in [-0.25, -0.2) is 9.97 Å². The zero-order valence-electron chi connectivity index (χ0n) is 13.8. The Balaban J connectivity index is 0.00000264. The van der Waals surface area contributed by atoms with E-state index in [0.29, 0.717) is 6.54 Å². The monoisotopic (exact) mass is 433 g/mol. The topological polar surface area (TPSA) is 79.7 Å². The Morgan fingerprint density at radius 2 is 2.17 bits per heavy atom. The summed E-state index contributed by atoms with van der Waals surface area (Å²) < 4.78 is 4.81. The molecule has 1 aromatic rings. The van der Waals surface area contributed by atoms with E-state index in [1.54, 1.807) is 13.2 Å². The second-order valence-corrected chi connectivity index (χ2v) is 5.28. The predicted molar refractivity (Wildman–Crippen MR) is 98.7 cm³/mol. The second-order valence-electron chi connectivity index (χ2n) is 5.28. The van der Waals surface area contributed by atoms with E-state index in [4.69, 9.17) is 4.74 Å². The molecule has 1 N–H and O–H groups in total. The highest BCUT2D eigenvalue weighted by molar-refractivity contribution is 14.0. The molecule has 1 aliphatic rings. The summed E-state index contributed by atoms with van der Waals surface area (Å²) in [4.78, 5) is 26.5. The molecule has 1 aliphatic heterocycles. The van der Waals surface area contributed by atoms with E-state index in [-0.39, 0.29) is 35.9 Å². The Morgan fingerprint density at radius 1 is 1.48 bits per heavy atom. The van der Waals surface area contributed by atoms with Crippen LogP contribution in [0.15, 0.2) is 17.3 Å². The minimum absolute atomic E-state index is 0. The summed E-state index contributed by atoms with van der Waals surface area (Å²) in [5, 5.41) is 3.31. The van der Waals surface area contributed by atoms with Crippen molar-refractivity contribution in [2.75, 3.05) is 27.2 Å². The second kappa shape index (κ2) is 9.64. The van der Waals surface area contributed by atoms with Gasteiger partial charge in [0.2, 0.25) is 0 Å². The standard InChI is InChI=1S/C15H23N5O2.HI/c1-11-17-7-4-13(19-11)10-18-15(16-2)20-8-5-12(6-9-20)14(21)22-3;/h4,7,12H,5-6,8-10H2,1-3H3,(H,16,18);1H. The van der Waals surface area contributed by atoms with Crippen LogP contribution in [0.1, 0.15) is 24.4 Å². The van der Waals surface area contributed by atoms with Gasteiger partial charge in [-0.15, -0.1) is 24.0 Å². The minimum Gasteiger partial charge on any atom is -0.469 e. The molecule has 0 saturated carbocycles. The molecule has 0 aliphatic carbocycles. The van der Waals surface area contributed by atoms with Gasteiger partial charge >= 0.3 is 5.97 Å². The fourth-order valence-electron chi connectivity index (χ4n) is 2.60. The summed E-state index contributed by atoms with van der Waals surface area (Å²) in [7, 11) is 3.21. The number of nitrogens with one attached hydrogen (secondary N) is 1. The van der Waals surface area contributed by atoms with Crippen molar-refractivity contribution in [2.24, 2.45) is 10.9 Å². The number of piperidine rings is 1. The van der Waals surface area contributed by atoms with Gasteiger partial charge in [-0.3, -0.25) is 9.79 Å². The Bertz CT molecular complexity index is 544. The summed E-state index contributed by atoms with van der Waals surface area (Å²) in [6, 6.07) is 1.89. The third-order valence-electron chi connectivity index (χ3n) is 3.80. The number of nitrogens with zero attached hydrogens (tertiary/aromatic N) is 4. The van der Waals surface area contributed by atoms with E-state index in [0.717, 1.165) is 43.4 Å². The number of hydrogen-bond donors (Lipinski definition) is 1. The van der Waals surface area contributed by atoms with Gasteiger partial charge in [0, 0.05) is 26.3 Å². The van der Waals surface area contributed by atoms with Gasteiger partial charge < -0.3 is 15.0 Å². The summed E-state index contributed by atoms with van der Waals surface area (Å²) >= 11 is 0. The molecule has 1 aromatic heterocycles. The van der Waals surface area contributed by atoms with Crippen LogP contribution < -0.4 is 5.32 Å². The van der Waals surface area contributed by atoms with Gasteiger partial charge in [0.25, 0.3) is 0 Å². The van der Waals surface area contributed by atoms with Gasteiger partial charge in [0.15, 0.2) is 5.96 Å². The van der Waals surface area contributed by atoms with E-state index < -0.39 is 0 Å². The average molecular weight is 433 g/mol. The van der Waals surface area contributed by atoms with Gasteiger partial charge in [-0.05, 0) is 25.8 Å². The first-order chi connectivity index (χ1) is 10.6. The maximum Gasteiger partial charge on any atom is 0.308 e. The lowest BCUT2D eigenvalue weighted by Crippen LogP contribution is -2.46. The molecule has 7 nitrogen and oxygen atoms in total. The number of hydrogen-bond acceptors (Lipinski definition) is 5. The number of guanidine groups is 1. The molecule has 2 heterocycles. The van der Waals surface area contributed by atoms with Crippen molar-refractivity contribution in [2.45, 2.75) is 26.3 Å². The highest BCUT2D eigenvalue weighted by Crippen LogP contribution is 2.18. The van der Waals surface area contributed by atoms with E-state index in [1.165, 1.54) is 7.11 Å². The molecule has 1 fully saturated rings. The van der Waals surface area contributed by atoms with Gasteiger partial charge in [-0.1, -0.05) is 0 Å². The molecule has 0 radical (unpaired) electrons. The molecule has 0 amide bonds. The van der Waals surface area contributed by atoms with Gasteiger partial charge in [0.1, 0.15) is 5.82 Å². The molecular weight excluding hydrogens is 409 g/mol. The van der Waals surface area contributed by atoms with Crippen molar-refractivity contribution < 1.29 is 9.53 Å². The molecule has 128 valence electrons. The molecule has 23 heavy (non-hydrogen) atoms. The Hall–Kier alpha value is -1.45. The Morgan fingerprint density at radius 3 is 2.74 bits per heavy atom. The lowest BCUT2D eigenvalue weighted by atomic mass is 9.97. The molecule has 2 rings (SSSR count). The van der Waals surface area contributed by atoms with Crippen LogP contribution >= 0.6 is 24.0 Å². The lowest BCUT2D eigenvalue weighted by molar-refractivity contribution is -0.146. The zero-order valence-corrected chi connectivity index (χ0v) is 16.1. The van der Waals surface area contributed by atoms with Crippen LogP contribution in [0, 0.1) is 12.8 Å². The molecule has 0 aromatic carbocycles. The van der Waals surface area contributed by atoms with Crippen LogP contribution in [0.5, 0.6) is 0 Å². The summed E-state index contributed by atoms with van der Waals surface area (Å²) in [5.41, 5.74) is 0.929. The van der Waals surface area contributed by atoms with Crippen molar-refractivity contribution in [3.05, 3.63) is 23.8 Å². The average Bonchev–Trinajstić information content (AvgIpc) is 2.55. The van der Waals surface area contributed by atoms with Crippen LogP contribution in [0.2, 0.25) is 0 Å². The van der Waals surface area contributed by atoms with Crippen LogP contribution in [-0.4, -0.2) is 54.0 Å². The number of likely N-dealkylation sites (tertiary alicyclic amines) is 1. The molecule has 8 heteroatoms. The van der Waals surface area contributed by atoms with Gasteiger partial charge in [-0.2, -0.15) is 0 Å². The molecule has 0 unspecified atom stereocenters. The number of aliphatic imine (C=N–C) groups is 1. The highest BCUT2D eigenvalue weighted by atomic mass is 127. The number of carbonyl (C=O) groups excluding carboxylic acids is 1. The van der Waals surface area contributed by atoms with E-state index in [2.05, 4.69) is 25.2 Å². The number of methoxy groups -OCH3 is 1. The largest absolute Gasteiger partial charge is 0.469 e. The Kier molecular flexibility index (Phi) is 8.21. The van der Waals surface area contributed by atoms with E-state index >= 15 is 0 Å². The fraction of sp³-hybridized carbons (Fsp3) is 0.600. The molecule has 0 spiro atoms. The minimum atomic E-state index is -0.112. The van der Waals surface area contributed by atoms with E-state index in [1.807, 2.05) is 13.0 Å². The number of ether oxygens (including phenoxy) is 1. The number of rotatable bonds is 3. The molecule has 1 saturated heterocycles. The van der Waals surface area contributed by atoms with Crippen molar-refractivity contribution in [3.63, 3.8) is 0 Å². The molecule has 0 bridgehead atoms. The van der Waals surface area contributed by atoms with Crippen LogP contribution in [0.25, 0.3) is 0 Å². The first kappa shape index (κ1) is 19.6. The number of aromatic nitrogens is 2. The highest BCUT2D eigenvalue weighted by Gasteiger charge is 2.26. The third kappa shape index (κ3) is 5.60. The van der Waals surface area contributed by atoms with Crippen LogP contribution in [0.4, 0.5) is 0 Å². The zero-order chi connectivity index (χ0) is 15.9. The number of halogens is 1.